The van der Waals surface area contributed by atoms with Crippen LogP contribution in [0.1, 0.15) is 32.8 Å². The molecule has 0 radical (unpaired) electrons. The second-order valence-electron chi connectivity index (χ2n) is 9.79. The first-order chi connectivity index (χ1) is 18.7. The van der Waals surface area contributed by atoms with Gasteiger partial charge in [-0.1, -0.05) is 42.5 Å². The fourth-order valence-electron chi connectivity index (χ4n) is 4.81. The van der Waals surface area contributed by atoms with Crippen molar-refractivity contribution in [2.24, 2.45) is 5.73 Å². The zero-order valence-corrected chi connectivity index (χ0v) is 22.6. The number of hydrogen-bond donors (Lipinski definition) is 5. The van der Waals surface area contributed by atoms with Gasteiger partial charge in [-0.25, -0.2) is 0 Å². The number of nitrogens with two attached hydrogens (primary N) is 1. The molecule has 0 bridgehead atoms. The van der Waals surface area contributed by atoms with Crippen molar-refractivity contribution in [2.45, 2.75) is 50.4 Å². The highest BCUT2D eigenvalue weighted by molar-refractivity contribution is 7.09. The van der Waals surface area contributed by atoms with Crippen LogP contribution in [-0.4, -0.2) is 70.2 Å². The smallest absolute Gasteiger partial charge is 0.254 e. The van der Waals surface area contributed by atoms with E-state index in [9.17, 15) is 24.6 Å². The molecular formula is C29H34N4O5S. The van der Waals surface area contributed by atoms with Gasteiger partial charge in [-0.05, 0) is 55.3 Å². The predicted octanol–water partition coefficient (Wildman–Crippen LogP) is 1.75. The standard InChI is InChI=1S/C29H34N4O5S/c1-18-22(10-5-11-25(18)34)27(36)32-23(15-19-7-3-2-4-8-19)26(35)29(38)33-17-20(30)16-24(33)28(37)31-13-12-21-9-6-14-39-21/h2-11,14,20,23-24,26,34-35H,12-13,15-17,30H2,1H3,(H,31,37)(H,32,36). The van der Waals surface area contributed by atoms with Crippen LogP contribution in [0.15, 0.2) is 66.0 Å². The van der Waals surface area contributed by atoms with E-state index >= 15 is 0 Å². The first-order valence-electron chi connectivity index (χ1n) is 12.9. The number of nitrogens with zero attached hydrogens (tertiary/aromatic N) is 1. The van der Waals surface area contributed by atoms with Gasteiger partial charge in [0.05, 0.1) is 6.04 Å². The Labute approximate surface area is 231 Å². The lowest BCUT2D eigenvalue weighted by Gasteiger charge is -2.30. The van der Waals surface area contributed by atoms with Gasteiger partial charge >= 0.3 is 0 Å². The Morgan fingerprint density at radius 2 is 1.87 bits per heavy atom. The summed E-state index contributed by atoms with van der Waals surface area (Å²) in [5.74, 6) is -1.55. The number of aliphatic hydroxyl groups is 1. The average Bonchev–Trinajstić information content (AvgIpc) is 3.59. The van der Waals surface area contributed by atoms with Crippen LogP contribution in [0.25, 0.3) is 0 Å². The van der Waals surface area contributed by atoms with Gasteiger partial charge in [0.25, 0.3) is 11.8 Å². The molecule has 0 spiro atoms. The summed E-state index contributed by atoms with van der Waals surface area (Å²) >= 11 is 1.61. The second kappa shape index (κ2) is 12.9. The van der Waals surface area contributed by atoms with Gasteiger partial charge in [-0.3, -0.25) is 14.4 Å². The number of phenols is 1. The van der Waals surface area contributed by atoms with E-state index in [1.165, 1.54) is 11.0 Å². The minimum Gasteiger partial charge on any atom is -0.508 e. The SMILES string of the molecule is Cc1c(O)cccc1C(=O)NC(Cc1ccccc1)C(O)C(=O)N1CC(N)CC1C(=O)NCCc1cccs1. The molecule has 9 nitrogen and oxygen atoms in total. The van der Waals surface area contributed by atoms with E-state index in [1.54, 1.807) is 30.4 Å². The van der Waals surface area contributed by atoms with E-state index in [-0.39, 0.29) is 36.6 Å². The van der Waals surface area contributed by atoms with Crippen LogP contribution in [0.5, 0.6) is 5.75 Å². The minimum atomic E-state index is -1.63. The highest BCUT2D eigenvalue weighted by Gasteiger charge is 2.42. The minimum absolute atomic E-state index is 0.0297. The Morgan fingerprint density at radius 3 is 2.59 bits per heavy atom. The molecule has 3 amide bonds. The van der Waals surface area contributed by atoms with E-state index < -0.39 is 36.0 Å². The molecule has 1 aliphatic rings. The molecule has 4 unspecified atom stereocenters. The molecule has 0 saturated carbocycles. The third-order valence-electron chi connectivity index (χ3n) is 6.97. The highest BCUT2D eigenvalue weighted by Crippen LogP contribution is 2.22. The first kappa shape index (κ1) is 28.3. The van der Waals surface area contributed by atoms with Crippen molar-refractivity contribution in [1.82, 2.24) is 15.5 Å². The third-order valence-corrected chi connectivity index (χ3v) is 7.90. The van der Waals surface area contributed by atoms with Gasteiger partial charge in [0, 0.05) is 35.1 Å². The van der Waals surface area contributed by atoms with Crippen molar-refractivity contribution in [3.8, 4) is 5.75 Å². The number of amides is 3. The molecular weight excluding hydrogens is 516 g/mol. The molecule has 4 atom stereocenters. The van der Waals surface area contributed by atoms with Crippen molar-refractivity contribution >= 4 is 29.1 Å². The van der Waals surface area contributed by atoms with Crippen LogP contribution in [0.4, 0.5) is 0 Å². The van der Waals surface area contributed by atoms with E-state index in [4.69, 9.17) is 5.73 Å². The van der Waals surface area contributed by atoms with Crippen LogP contribution >= 0.6 is 11.3 Å². The molecule has 1 saturated heterocycles. The monoisotopic (exact) mass is 550 g/mol. The fourth-order valence-corrected chi connectivity index (χ4v) is 5.52. The summed E-state index contributed by atoms with van der Waals surface area (Å²) < 4.78 is 0. The summed E-state index contributed by atoms with van der Waals surface area (Å²) in [5.41, 5.74) is 7.57. The summed E-state index contributed by atoms with van der Waals surface area (Å²) in [5, 5.41) is 29.0. The van der Waals surface area contributed by atoms with Crippen LogP contribution in [0.2, 0.25) is 0 Å². The summed E-state index contributed by atoms with van der Waals surface area (Å²) in [6.45, 7) is 2.16. The van der Waals surface area contributed by atoms with Crippen molar-refractivity contribution in [3.05, 3.63) is 87.6 Å². The maximum Gasteiger partial charge on any atom is 0.254 e. The number of thiophene rings is 1. The van der Waals surface area contributed by atoms with Gasteiger partial charge in [0.2, 0.25) is 5.91 Å². The Bertz CT molecular complexity index is 1280. The van der Waals surface area contributed by atoms with Crippen LogP contribution < -0.4 is 16.4 Å². The number of aromatic hydroxyl groups is 1. The lowest BCUT2D eigenvalue weighted by atomic mass is 9.98. The van der Waals surface area contributed by atoms with E-state index in [0.717, 1.165) is 10.4 Å². The predicted molar refractivity (Wildman–Crippen MR) is 149 cm³/mol. The molecule has 206 valence electrons. The first-order valence-corrected chi connectivity index (χ1v) is 13.8. The summed E-state index contributed by atoms with van der Waals surface area (Å²) in [4.78, 5) is 42.2. The van der Waals surface area contributed by atoms with Crippen molar-refractivity contribution in [3.63, 3.8) is 0 Å². The van der Waals surface area contributed by atoms with Crippen molar-refractivity contribution in [2.75, 3.05) is 13.1 Å². The molecule has 6 N–H and O–H groups in total. The Kier molecular flexibility index (Phi) is 9.34. The molecule has 2 aromatic carbocycles. The lowest BCUT2D eigenvalue weighted by Crippen LogP contribution is -2.56. The van der Waals surface area contributed by atoms with E-state index in [2.05, 4.69) is 10.6 Å². The number of phenolic OH excluding ortho intramolecular Hbond substituents is 1. The van der Waals surface area contributed by atoms with E-state index in [0.29, 0.717) is 18.5 Å². The van der Waals surface area contributed by atoms with Crippen molar-refractivity contribution in [1.29, 1.82) is 0 Å². The molecule has 1 aromatic heterocycles. The maximum absolute atomic E-state index is 13.6. The molecule has 39 heavy (non-hydrogen) atoms. The number of carbonyl (C=O) groups excluding carboxylic acids is 3. The highest BCUT2D eigenvalue weighted by atomic mass is 32.1. The number of benzene rings is 2. The lowest BCUT2D eigenvalue weighted by molar-refractivity contribution is -0.146. The number of carbonyl (C=O) groups is 3. The van der Waals surface area contributed by atoms with E-state index in [1.807, 2.05) is 47.8 Å². The zero-order chi connectivity index (χ0) is 27.9. The van der Waals surface area contributed by atoms with Gasteiger partial charge in [-0.2, -0.15) is 0 Å². The average molecular weight is 551 g/mol. The molecule has 4 rings (SSSR count). The number of nitrogens with one attached hydrogen (secondary N) is 2. The van der Waals surface area contributed by atoms with Gasteiger partial charge in [-0.15, -0.1) is 11.3 Å². The quantitative estimate of drug-likeness (QED) is 0.260. The largest absolute Gasteiger partial charge is 0.508 e. The Morgan fingerprint density at radius 1 is 1.10 bits per heavy atom. The van der Waals surface area contributed by atoms with Crippen LogP contribution in [-0.2, 0) is 22.4 Å². The van der Waals surface area contributed by atoms with Gasteiger partial charge < -0.3 is 31.5 Å². The summed E-state index contributed by atoms with van der Waals surface area (Å²) in [7, 11) is 0. The van der Waals surface area contributed by atoms with Crippen LogP contribution in [0, 0.1) is 6.92 Å². The van der Waals surface area contributed by atoms with Crippen molar-refractivity contribution < 1.29 is 24.6 Å². The number of likely N-dealkylation sites (tertiary alicyclic amines) is 1. The van der Waals surface area contributed by atoms with Gasteiger partial charge in [0.15, 0.2) is 6.10 Å². The maximum atomic E-state index is 13.6. The van der Waals surface area contributed by atoms with Crippen LogP contribution in [0.3, 0.4) is 0 Å². The number of aliphatic hydroxyl groups excluding tert-OH is 1. The number of hydrogen-bond acceptors (Lipinski definition) is 7. The van der Waals surface area contributed by atoms with Gasteiger partial charge in [0.1, 0.15) is 11.8 Å². The normalized spacial score (nSPS) is 18.4. The second-order valence-corrected chi connectivity index (χ2v) is 10.8. The summed E-state index contributed by atoms with van der Waals surface area (Å²) in [6.07, 6.45) is -0.493. The Balaban J connectivity index is 1.49. The number of rotatable bonds is 10. The molecule has 2 heterocycles. The Hall–Kier alpha value is -3.73. The molecule has 0 aliphatic carbocycles. The topological polar surface area (TPSA) is 145 Å². The molecule has 3 aromatic rings. The molecule has 1 aliphatic heterocycles. The molecule has 10 heteroatoms. The summed E-state index contributed by atoms with van der Waals surface area (Å²) in [6, 6.07) is 15.5. The molecule has 1 fully saturated rings. The zero-order valence-electron chi connectivity index (χ0n) is 21.7. The third kappa shape index (κ3) is 7.03. The fraction of sp³-hybridized carbons (Fsp3) is 0.345.